The van der Waals surface area contributed by atoms with Crippen LogP contribution in [0.2, 0.25) is 0 Å². The molecule has 0 saturated carbocycles. The molecule has 0 aliphatic heterocycles. The normalized spacial score (nSPS) is 12.0. The van der Waals surface area contributed by atoms with Crippen LogP contribution < -0.4 is 16.6 Å². The Balaban J connectivity index is 3.52. The summed E-state index contributed by atoms with van der Waals surface area (Å²) in [6, 6.07) is 0.603. The summed E-state index contributed by atoms with van der Waals surface area (Å²) < 4.78 is 46.4. The van der Waals surface area contributed by atoms with Crippen LogP contribution in [0.4, 0.5) is 20.3 Å². The molecular formula is C6H8F2N4O2S. The van der Waals surface area contributed by atoms with Crippen molar-refractivity contribution >= 4 is 21.5 Å². The van der Waals surface area contributed by atoms with Crippen LogP contribution in [0, 0.1) is 0 Å². The molecule has 0 spiro atoms. The van der Waals surface area contributed by atoms with E-state index in [2.05, 4.69) is 4.98 Å². The average molecular weight is 238 g/mol. The van der Waals surface area contributed by atoms with Gasteiger partial charge in [0.2, 0.25) is 10.0 Å². The largest absolute Gasteiger partial charge is 0.395 e. The SMILES string of the molecule is Nc1nc(C(F)F)cc(S(N)(=O)=O)c1N. The number of halogens is 2. The van der Waals surface area contributed by atoms with Gasteiger partial charge in [-0.1, -0.05) is 0 Å². The van der Waals surface area contributed by atoms with Crippen LogP contribution in [-0.4, -0.2) is 13.4 Å². The summed E-state index contributed by atoms with van der Waals surface area (Å²) in [7, 11) is -4.19. The van der Waals surface area contributed by atoms with Gasteiger partial charge < -0.3 is 11.5 Å². The van der Waals surface area contributed by atoms with Crippen LogP contribution in [0.5, 0.6) is 0 Å². The summed E-state index contributed by atoms with van der Waals surface area (Å²) in [6.45, 7) is 0. The van der Waals surface area contributed by atoms with Gasteiger partial charge in [-0.25, -0.2) is 27.3 Å². The molecule has 0 atom stereocenters. The summed E-state index contributed by atoms with van der Waals surface area (Å²) in [4.78, 5) is 2.58. The van der Waals surface area contributed by atoms with E-state index < -0.39 is 38.5 Å². The molecule has 0 aromatic carbocycles. The van der Waals surface area contributed by atoms with Gasteiger partial charge in [-0.2, -0.15) is 0 Å². The van der Waals surface area contributed by atoms with E-state index in [1.54, 1.807) is 0 Å². The number of nitrogens with two attached hydrogens (primary N) is 3. The van der Waals surface area contributed by atoms with E-state index in [1.807, 2.05) is 0 Å². The summed E-state index contributed by atoms with van der Waals surface area (Å²) in [5.41, 5.74) is 9.20. The Kier molecular flexibility index (Phi) is 2.77. The number of aromatic nitrogens is 1. The van der Waals surface area contributed by atoms with Gasteiger partial charge in [0.15, 0.2) is 0 Å². The van der Waals surface area contributed by atoms with Gasteiger partial charge in [-0.3, -0.25) is 0 Å². The number of pyridine rings is 1. The molecule has 1 heterocycles. The van der Waals surface area contributed by atoms with Crippen molar-refractivity contribution < 1.29 is 17.2 Å². The van der Waals surface area contributed by atoms with Crippen LogP contribution in [-0.2, 0) is 10.0 Å². The van der Waals surface area contributed by atoms with Gasteiger partial charge in [0.25, 0.3) is 6.43 Å². The van der Waals surface area contributed by atoms with Gasteiger partial charge in [-0.05, 0) is 6.07 Å². The second-order valence-electron chi connectivity index (χ2n) is 2.69. The Hall–Kier alpha value is -1.48. The molecule has 0 aliphatic carbocycles. The minimum absolute atomic E-state index is 0.429. The van der Waals surface area contributed by atoms with Crippen molar-refractivity contribution in [2.75, 3.05) is 11.5 Å². The Morgan fingerprint density at radius 1 is 1.33 bits per heavy atom. The van der Waals surface area contributed by atoms with Gasteiger partial charge in [-0.15, -0.1) is 0 Å². The molecule has 9 heteroatoms. The number of nitrogen functional groups attached to an aromatic ring is 2. The molecular weight excluding hydrogens is 230 g/mol. The maximum absolute atomic E-state index is 12.3. The zero-order chi connectivity index (χ0) is 11.8. The molecule has 0 amide bonds. The maximum Gasteiger partial charge on any atom is 0.280 e. The average Bonchev–Trinajstić information content (AvgIpc) is 2.06. The maximum atomic E-state index is 12.3. The third kappa shape index (κ3) is 2.30. The highest BCUT2D eigenvalue weighted by molar-refractivity contribution is 7.89. The number of anilines is 2. The van der Waals surface area contributed by atoms with Crippen molar-refractivity contribution in [2.45, 2.75) is 11.3 Å². The molecule has 6 N–H and O–H groups in total. The highest BCUT2D eigenvalue weighted by Crippen LogP contribution is 2.27. The topological polar surface area (TPSA) is 125 Å². The zero-order valence-corrected chi connectivity index (χ0v) is 8.13. The number of rotatable bonds is 2. The summed E-state index contributed by atoms with van der Waals surface area (Å²) in [5.74, 6) is -0.489. The van der Waals surface area contributed by atoms with Crippen molar-refractivity contribution in [2.24, 2.45) is 5.14 Å². The molecule has 0 fully saturated rings. The lowest BCUT2D eigenvalue weighted by Crippen LogP contribution is -2.17. The van der Waals surface area contributed by atoms with Crippen LogP contribution in [0.3, 0.4) is 0 Å². The van der Waals surface area contributed by atoms with Crippen molar-refractivity contribution in [3.05, 3.63) is 11.8 Å². The molecule has 6 nitrogen and oxygen atoms in total. The van der Waals surface area contributed by atoms with Crippen molar-refractivity contribution in [3.8, 4) is 0 Å². The molecule has 15 heavy (non-hydrogen) atoms. The summed E-state index contributed by atoms with van der Waals surface area (Å²) >= 11 is 0. The number of primary sulfonamides is 1. The fourth-order valence-electron chi connectivity index (χ4n) is 0.917. The monoisotopic (exact) mass is 238 g/mol. The van der Waals surface area contributed by atoms with Crippen LogP contribution >= 0.6 is 0 Å². The number of nitrogens with zero attached hydrogens (tertiary/aromatic N) is 1. The Labute approximate surface area is 84.1 Å². The first-order valence-electron chi connectivity index (χ1n) is 3.60. The van der Waals surface area contributed by atoms with E-state index in [9.17, 15) is 17.2 Å². The first-order valence-corrected chi connectivity index (χ1v) is 5.15. The molecule has 0 bridgehead atoms. The van der Waals surface area contributed by atoms with Crippen molar-refractivity contribution in [1.82, 2.24) is 4.98 Å². The van der Waals surface area contributed by atoms with E-state index in [0.29, 0.717) is 6.07 Å². The zero-order valence-electron chi connectivity index (χ0n) is 7.31. The Morgan fingerprint density at radius 2 is 1.87 bits per heavy atom. The van der Waals surface area contributed by atoms with Gasteiger partial charge in [0, 0.05) is 0 Å². The molecule has 1 aromatic heterocycles. The fraction of sp³-hybridized carbons (Fsp3) is 0.167. The predicted octanol–water partition coefficient (Wildman–Crippen LogP) is -0.169. The molecule has 1 rings (SSSR count). The van der Waals surface area contributed by atoms with E-state index in [-0.39, 0.29) is 0 Å². The van der Waals surface area contributed by atoms with E-state index in [4.69, 9.17) is 16.6 Å². The smallest absolute Gasteiger partial charge is 0.280 e. The second-order valence-corrected chi connectivity index (χ2v) is 4.22. The number of sulfonamides is 1. The summed E-state index contributed by atoms with van der Waals surface area (Å²) in [5, 5.41) is 4.76. The van der Waals surface area contributed by atoms with Crippen molar-refractivity contribution in [1.29, 1.82) is 0 Å². The van der Waals surface area contributed by atoms with E-state index in [1.165, 1.54) is 0 Å². The lowest BCUT2D eigenvalue weighted by atomic mass is 10.3. The van der Waals surface area contributed by atoms with E-state index >= 15 is 0 Å². The van der Waals surface area contributed by atoms with Gasteiger partial charge >= 0.3 is 0 Å². The minimum Gasteiger partial charge on any atom is -0.395 e. The standard InChI is InChI=1S/C6H8F2N4O2S/c7-5(8)2-1-3(15(11,13)14)4(9)6(10)12-2/h1,5H,9H2,(H2,10,12)(H2,11,13,14). The number of hydrogen-bond donors (Lipinski definition) is 3. The minimum atomic E-state index is -4.19. The molecule has 0 saturated heterocycles. The molecule has 1 aromatic rings. The Morgan fingerprint density at radius 3 is 2.27 bits per heavy atom. The lowest BCUT2D eigenvalue weighted by Gasteiger charge is -2.08. The van der Waals surface area contributed by atoms with Crippen LogP contribution in [0.25, 0.3) is 0 Å². The van der Waals surface area contributed by atoms with Gasteiger partial charge in [0.05, 0.1) is 5.69 Å². The highest BCUT2D eigenvalue weighted by Gasteiger charge is 2.20. The Bertz CT molecular complexity index is 488. The molecule has 0 aliphatic rings. The second kappa shape index (κ2) is 3.59. The third-order valence-electron chi connectivity index (χ3n) is 1.60. The number of alkyl halides is 2. The van der Waals surface area contributed by atoms with Crippen LogP contribution in [0.15, 0.2) is 11.0 Å². The van der Waals surface area contributed by atoms with Gasteiger partial charge in [0.1, 0.15) is 16.4 Å². The third-order valence-corrected chi connectivity index (χ3v) is 2.55. The van der Waals surface area contributed by atoms with Crippen LogP contribution in [0.1, 0.15) is 12.1 Å². The molecule has 84 valence electrons. The number of hydrogen-bond acceptors (Lipinski definition) is 5. The first kappa shape index (κ1) is 11.6. The molecule has 0 unspecified atom stereocenters. The fourth-order valence-corrected chi connectivity index (χ4v) is 1.61. The quantitative estimate of drug-likeness (QED) is 0.659. The molecule has 0 radical (unpaired) electrons. The lowest BCUT2D eigenvalue weighted by molar-refractivity contribution is 0.146. The first-order chi connectivity index (χ1) is 6.73. The van der Waals surface area contributed by atoms with Crippen molar-refractivity contribution in [3.63, 3.8) is 0 Å². The van der Waals surface area contributed by atoms with E-state index in [0.717, 1.165) is 0 Å². The summed E-state index contributed by atoms with van der Waals surface area (Å²) in [6.07, 6.45) is -2.95. The highest BCUT2D eigenvalue weighted by atomic mass is 32.2. The predicted molar refractivity (Wildman–Crippen MR) is 49.4 cm³/mol.